The number of nitrogens with zero attached hydrogens (tertiary/aromatic N) is 1. The summed E-state index contributed by atoms with van der Waals surface area (Å²) in [6.45, 7) is 6.40. The predicted octanol–water partition coefficient (Wildman–Crippen LogP) is 1.56. The maximum Gasteiger partial charge on any atom is 0.150 e. The minimum Gasteiger partial charge on any atom is -0.382 e. The lowest BCUT2D eigenvalue weighted by Gasteiger charge is -2.22. The summed E-state index contributed by atoms with van der Waals surface area (Å²) in [5.41, 5.74) is 7.84. The summed E-state index contributed by atoms with van der Waals surface area (Å²) in [6, 6.07) is 7.91. The Hall–Kier alpha value is -1.51. The molecule has 0 spiro atoms. The largest absolute Gasteiger partial charge is 0.382 e. The molecule has 3 heteroatoms. The van der Waals surface area contributed by atoms with E-state index in [4.69, 9.17) is 11.6 Å². The first-order chi connectivity index (χ1) is 6.46. The van der Waals surface area contributed by atoms with Crippen molar-refractivity contribution in [1.82, 2.24) is 0 Å². The van der Waals surface area contributed by atoms with Gasteiger partial charge in [0.15, 0.2) is 5.84 Å². The molecule has 0 unspecified atom stereocenters. The summed E-state index contributed by atoms with van der Waals surface area (Å²) < 4.78 is 0. The van der Waals surface area contributed by atoms with Crippen molar-refractivity contribution >= 4 is 5.84 Å². The highest BCUT2D eigenvalue weighted by atomic mass is 15.2. The Morgan fingerprint density at radius 1 is 1.21 bits per heavy atom. The molecule has 0 atom stereocenters. The summed E-state index contributed by atoms with van der Waals surface area (Å²) in [6.07, 6.45) is 0. The maximum atomic E-state index is 5.72. The predicted molar refractivity (Wildman–Crippen MR) is 60.1 cm³/mol. The van der Waals surface area contributed by atoms with Crippen LogP contribution in [0.5, 0.6) is 0 Å². The molecule has 0 heterocycles. The molecule has 14 heavy (non-hydrogen) atoms. The molecule has 0 saturated heterocycles. The Bertz CT molecular complexity index is 348. The zero-order valence-electron chi connectivity index (χ0n) is 8.91. The van der Waals surface area contributed by atoms with Gasteiger partial charge in [0.2, 0.25) is 0 Å². The van der Waals surface area contributed by atoms with Gasteiger partial charge in [-0.15, -0.1) is 0 Å². The second-order valence-electron chi connectivity index (χ2n) is 4.31. The van der Waals surface area contributed by atoms with Crippen LogP contribution in [-0.4, -0.2) is 5.84 Å². The fourth-order valence-corrected chi connectivity index (χ4v) is 1.43. The standard InChI is InChI=1S/C11H17N3/c1-11(2,3)9-7-5-4-6-8(9)10(12)14-13/h4-7H,13H2,1-3H3,(H2,12,14). The van der Waals surface area contributed by atoms with Gasteiger partial charge in [-0.2, -0.15) is 5.10 Å². The van der Waals surface area contributed by atoms with Gasteiger partial charge < -0.3 is 11.6 Å². The van der Waals surface area contributed by atoms with Crippen LogP contribution in [0.2, 0.25) is 0 Å². The SMILES string of the molecule is CC(C)(C)c1ccccc1/C(N)=N/N. The number of benzene rings is 1. The zero-order valence-corrected chi connectivity index (χ0v) is 8.91. The van der Waals surface area contributed by atoms with Gasteiger partial charge in [0.1, 0.15) is 0 Å². The fourth-order valence-electron chi connectivity index (χ4n) is 1.43. The van der Waals surface area contributed by atoms with Crippen molar-refractivity contribution in [2.24, 2.45) is 16.7 Å². The third-order valence-corrected chi connectivity index (χ3v) is 2.15. The van der Waals surface area contributed by atoms with Gasteiger partial charge in [-0.3, -0.25) is 0 Å². The van der Waals surface area contributed by atoms with Crippen LogP contribution in [0.1, 0.15) is 31.9 Å². The third-order valence-electron chi connectivity index (χ3n) is 2.15. The molecular formula is C11H17N3. The maximum absolute atomic E-state index is 5.72. The van der Waals surface area contributed by atoms with Crippen molar-refractivity contribution in [1.29, 1.82) is 0 Å². The fraction of sp³-hybridized carbons (Fsp3) is 0.364. The quantitative estimate of drug-likeness (QED) is 0.306. The van der Waals surface area contributed by atoms with E-state index in [-0.39, 0.29) is 5.41 Å². The van der Waals surface area contributed by atoms with Crippen LogP contribution in [0, 0.1) is 0 Å². The van der Waals surface area contributed by atoms with Crippen molar-refractivity contribution < 1.29 is 0 Å². The minimum absolute atomic E-state index is 0.0475. The van der Waals surface area contributed by atoms with E-state index >= 15 is 0 Å². The van der Waals surface area contributed by atoms with Crippen molar-refractivity contribution in [3.05, 3.63) is 35.4 Å². The zero-order chi connectivity index (χ0) is 10.8. The van der Waals surface area contributed by atoms with Gasteiger partial charge in [-0.1, -0.05) is 45.0 Å². The monoisotopic (exact) mass is 191 g/mol. The molecular weight excluding hydrogens is 174 g/mol. The first kappa shape index (κ1) is 10.6. The lowest BCUT2D eigenvalue weighted by molar-refractivity contribution is 0.589. The highest BCUT2D eigenvalue weighted by molar-refractivity contribution is 5.98. The van der Waals surface area contributed by atoms with Crippen molar-refractivity contribution in [3.63, 3.8) is 0 Å². The van der Waals surface area contributed by atoms with Crippen molar-refractivity contribution in [2.45, 2.75) is 26.2 Å². The van der Waals surface area contributed by atoms with E-state index in [0.29, 0.717) is 5.84 Å². The topological polar surface area (TPSA) is 64.4 Å². The number of rotatable bonds is 1. The molecule has 0 aliphatic heterocycles. The van der Waals surface area contributed by atoms with E-state index in [1.54, 1.807) is 0 Å². The van der Waals surface area contributed by atoms with E-state index < -0.39 is 0 Å². The average Bonchev–Trinajstić information content (AvgIpc) is 2.15. The Morgan fingerprint density at radius 3 is 2.29 bits per heavy atom. The Labute approximate surface area is 84.8 Å². The lowest BCUT2D eigenvalue weighted by Crippen LogP contribution is -2.22. The molecule has 0 bridgehead atoms. The molecule has 0 aromatic heterocycles. The number of nitrogens with two attached hydrogens (primary N) is 2. The molecule has 0 saturated carbocycles. The van der Waals surface area contributed by atoms with Gasteiger partial charge in [-0.25, -0.2) is 0 Å². The Balaban J connectivity index is 3.31. The van der Waals surface area contributed by atoms with Gasteiger partial charge >= 0.3 is 0 Å². The van der Waals surface area contributed by atoms with E-state index in [1.807, 2.05) is 24.3 Å². The number of hydrogen-bond acceptors (Lipinski definition) is 2. The highest BCUT2D eigenvalue weighted by Crippen LogP contribution is 2.25. The molecule has 1 aromatic rings. The van der Waals surface area contributed by atoms with Crippen molar-refractivity contribution in [2.75, 3.05) is 0 Å². The first-order valence-corrected chi connectivity index (χ1v) is 4.60. The molecule has 0 radical (unpaired) electrons. The smallest absolute Gasteiger partial charge is 0.150 e. The molecule has 0 amide bonds. The number of hydrogen-bond donors (Lipinski definition) is 2. The Morgan fingerprint density at radius 2 is 1.79 bits per heavy atom. The molecule has 3 nitrogen and oxygen atoms in total. The Kier molecular flexibility index (Phi) is 2.79. The van der Waals surface area contributed by atoms with E-state index in [0.717, 1.165) is 11.1 Å². The van der Waals surface area contributed by atoms with E-state index in [2.05, 4.69) is 25.9 Å². The average molecular weight is 191 g/mol. The van der Waals surface area contributed by atoms with Gasteiger partial charge in [-0.05, 0) is 11.0 Å². The summed E-state index contributed by atoms with van der Waals surface area (Å²) in [5.74, 6) is 5.56. The van der Waals surface area contributed by atoms with Crippen LogP contribution in [-0.2, 0) is 5.41 Å². The van der Waals surface area contributed by atoms with Crippen LogP contribution in [0.15, 0.2) is 29.4 Å². The second kappa shape index (κ2) is 3.70. The molecule has 1 aromatic carbocycles. The summed E-state index contributed by atoms with van der Waals surface area (Å²) >= 11 is 0. The van der Waals surface area contributed by atoms with Crippen molar-refractivity contribution in [3.8, 4) is 0 Å². The van der Waals surface area contributed by atoms with Crippen LogP contribution < -0.4 is 11.6 Å². The van der Waals surface area contributed by atoms with E-state index in [9.17, 15) is 0 Å². The minimum atomic E-state index is 0.0475. The highest BCUT2D eigenvalue weighted by Gasteiger charge is 2.18. The number of amidine groups is 1. The van der Waals surface area contributed by atoms with Gasteiger partial charge in [0, 0.05) is 5.56 Å². The lowest BCUT2D eigenvalue weighted by atomic mass is 9.83. The summed E-state index contributed by atoms with van der Waals surface area (Å²) in [4.78, 5) is 0. The summed E-state index contributed by atoms with van der Waals surface area (Å²) in [5, 5.41) is 3.53. The van der Waals surface area contributed by atoms with E-state index in [1.165, 1.54) is 0 Å². The molecule has 1 rings (SSSR count). The third kappa shape index (κ3) is 2.05. The molecule has 0 aliphatic rings. The van der Waals surface area contributed by atoms with Gasteiger partial charge in [0.25, 0.3) is 0 Å². The van der Waals surface area contributed by atoms with Crippen LogP contribution >= 0.6 is 0 Å². The summed E-state index contributed by atoms with van der Waals surface area (Å²) in [7, 11) is 0. The molecule has 76 valence electrons. The molecule has 0 aliphatic carbocycles. The van der Waals surface area contributed by atoms with Gasteiger partial charge in [0.05, 0.1) is 0 Å². The van der Waals surface area contributed by atoms with Crippen LogP contribution in [0.4, 0.5) is 0 Å². The first-order valence-electron chi connectivity index (χ1n) is 4.60. The normalized spacial score (nSPS) is 12.9. The van der Waals surface area contributed by atoms with Crippen LogP contribution in [0.3, 0.4) is 0 Å². The van der Waals surface area contributed by atoms with Crippen LogP contribution in [0.25, 0.3) is 0 Å². The number of hydrazone groups is 1. The molecule has 0 fully saturated rings. The molecule has 4 N–H and O–H groups in total. The second-order valence-corrected chi connectivity index (χ2v) is 4.31.